The van der Waals surface area contributed by atoms with Crippen LogP contribution >= 0.6 is 23.5 Å². The number of H-pyrrole nitrogens is 1. The highest BCUT2D eigenvalue weighted by molar-refractivity contribution is 8.02. The monoisotopic (exact) mass is 240 g/mol. The molecule has 1 aromatic heterocycles. The van der Waals surface area contributed by atoms with Crippen LogP contribution in [-0.2, 0) is 0 Å². The predicted octanol–water partition coefficient (Wildman–Crippen LogP) is 2.05. The van der Waals surface area contributed by atoms with E-state index in [1.165, 1.54) is 6.07 Å². The lowest BCUT2D eigenvalue weighted by Gasteiger charge is -2.05. The molecule has 1 aliphatic rings. The van der Waals surface area contributed by atoms with Crippen molar-refractivity contribution >= 4 is 23.5 Å². The molecule has 0 aromatic carbocycles. The normalized spacial score (nSPS) is 19.7. The summed E-state index contributed by atoms with van der Waals surface area (Å²) in [7, 11) is 0. The molecule has 1 aromatic rings. The van der Waals surface area contributed by atoms with Gasteiger partial charge in [-0.1, -0.05) is 17.8 Å². The van der Waals surface area contributed by atoms with Gasteiger partial charge in [0, 0.05) is 23.3 Å². The third kappa shape index (κ3) is 3.14. The summed E-state index contributed by atoms with van der Waals surface area (Å²) in [6.45, 7) is 1.84. The lowest BCUT2D eigenvalue weighted by Crippen LogP contribution is -2.09. The van der Waals surface area contributed by atoms with Crippen LogP contribution in [0.5, 0.6) is 0 Å². The number of rotatable bonds is 3. The maximum atomic E-state index is 11.2. The number of nitrogens with one attached hydrogen (secondary N) is 1. The first-order valence-electron chi connectivity index (χ1n) is 4.73. The highest BCUT2D eigenvalue weighted by Crippen LogP contribution is 2.25. The second-order valence-corrected chi connectivity index (χ2v) is 5.37. The predicted molar refractivity (Wildman–Crippen MR) is 65.4 cm³/mol. The summed E-state index contributed by atoms with van der Waals surface area (Å²) in [6.07, 6.45) is 2.21. The van der Waals surface area contributed by atoms with Crippen LogP contribution in [0.1, 0.15) is 5.69 Å². The van der Waals surface area contributed by atoms with Crippen LogP contribution in [0, 0.1) is 12.8 Å². The molecule has 1 atom stereocenters. The van der Waals surface area contributed by atoms with Crippen molar-refractivity contribution < 1.29 is 0 Å². The summed E-state index contributed by atoms with van der Waals surface area (Å²) >= 11 is 3.45. The van der Waals surface area contributed by atoms with E-state index in [0.29, 0.717) is 5.92 Å². The largest absolute Gasteiger partial charge is 0.301 e. The van der Waals surface area contributed by atoms with Crippen molar-refractivity contribution in [3.05, 3.63) is 33.6 Å². The Morgan fingerprint density at radius 2 is 2.60 bits per heavy atom. The lowest BCUT2D eigenvalue weighted by molar-refractivity contribution is 0.858. The van der Waals surface area contributed by atoms with Crippen molar-refractivity contribution in [1.82, 2.24) is 9.97 Å². The first-order chi connectivity index (χ1) is 7.24. The molecule has 1 unspecified atom stereocenters. The van der Waals surface area contributed by atoms with E-state index in [9.17, 15) is 4.79 Å². The number of allylic oxidation sites excluding steroid dienone is 1. The van der Waals surface area contributed by atoms with E-state index in [1.54, 1.807) is 11.8 Å². The average Bonchev–Trinajstić information content (AvgIpc) is 2.65. The van der Waals surface area contributed by atoms with Gasteiger partial charge >= 0.3 is 0 Å². The second kappa shape index (κ2) is 4.90. The van der Waals surface area contributed by atoms with Gasteiger partial charge in [-0.05, 0) is 18.2 Å². The number of thioether (sulfide) groups is 2. The molecule has 0 saturated carbocycles. The summed E-state index contributed by atoms with van der Waals surface area (Å²) in [4.78, 5) is 18.2. The molecule has 0 amide bonds. The van der Waals surface area contributed by atoms with Crippen LogP contribution in [0.2, 0.25) is 0 Å². The van der Waals surface area contributed by atoms with E-state index in [0.717, 1.165) is 22.4 Å². The van der Waals surface area contributed by atoms with E-state index in [2.05, 4.69) is 21.5 Å². The van der Waals surface area contributed by atoms with Crippen LogP contribution in [0.25, 0.3) is 0 Å². The average molecular weight is 240 g/mol. The van der Waals surface area contributed by atoms with Gasteiger partial charge in [0.25, 0.3) is 5.56 Å². The van der Waals surface area contributed by atoms with Crippen LogP contribution < -0.4 is 5.56 Å². The lowest BCUT2D eigenvalue weighted by atomic mass is 10.2. The van der Waals surface area contributed by atoms with Crippen LogP contribution in [-0.4, -0.2) is 21.5 Å². The van der Waals surface area contributed by atoms with Gasteiger partial charge in [0.1, 0.15) is 0 Å². The standard InChI is InChI=1S/C10H12N2OS2/c1-7-4-9(13)12-10(11-7)15-6-8-2-3-14-5-8/h2-4,8H,5-6H2,1H3,(H,11,12,13). The van der Waals surface area contributed by atoms with Gasteiger partial charge < -0.3 is 4.98 Å². The summed E-state index contributed by atoms with van der Waals surface area (Å²) in [5, 5.41) is 2.86. The molecule has 5 heteroatoms. The van der Waals surface area contributed by atoms with Crippen molar-refractivity contribution in [3.8, 4) is 0 Å². The van der Waals surface area contributed by atoms with Crippen LogP contribution in [0.3, 0.4) is 0 Å². The van der Waals surface area contributed by atoms with Crippen molar-refractivity contribution in [2.24, 2.45) is 5.92 Å². The van der Waals surface area contributed by atoms with Gasteiger partial charge in [0.2, 0.25) is 0 Å². The Balaban J connectivity index is 1.98. The third-order valence-electron chi connectivity index (χ3n) is 2.04. The zero-order chi connectivity index (χ0) is 10.7. The van der Waals surface area contributed by atoms with Gasteiger partial charge in [-0.25, -0.2) is 4.98 Å². The van der Waals surface area contributed by atoms with E-state index < -0.39 is 0 Å². The zero-order valence-electron chi connectivity index (χ0n) is 8.40. The first kappa shape index (κ1) is 10.8. The summed E-state index contributed by atoms with van der Waals surface area (Å²) in [6, 6.07) is 1.51. The van der Waals surface area contributed by atoms with Crippen molar-refractivity contribution in [2.75, 3.05) is 11.5 Å². The number of aromatic amines is 1. The highest BCUT2D eigenvalue weighted by atomic mass is 32.2. The molecular formula is C10H12N2OS2. The molecule has 1 N–H and O–H groups in total. The quantitative estimate of drug-likeness (QED) is 0.649. The molecule has 0 radical (unpaired) electrons. The molecular weight excluding hydrogens is 228 g/mol. The number of aromatic nitrogens is 2. The minimum absolute atomic E-state index is 0.0682. The van der Waals surface area contributed by atoms with Gasteiger partial charge in [0.05, 0.1) is 0 Å². The van der Waals surface area contributed by atoms with Crippen LogP contribution in [0.15, 0.2) is 27.5 Å². The zero-order valence-corrected chi connectivity index (χ0v) is 10.0. The SMILES string of the molecule is Cc1cc(=O)[nH]c(SCC2C=CSC2)n1. The van der Waals surface area contributed by atoms with Gasteiger partial charge in [-0.2, -0.15) is 0 Å². The molecule has 1 aliphatic heterocycles. The first-order valence-corrected chi connectivity index (χ1v) is 6.76. The van der Waals surface area contributed by atoms with Gasteiger partial charge in [-0.15, -0.1) is 11.8 Å². The number of hydrogen-bond donors (Lipinski definition) is 1. The minimum Gasteiger partial charge on any atom is -0.301 e. The highest BCUT2D eigenvalue weighted by Gasteiger charge is 2.10. The van der Waals surface area contributed by atoms with E-state index in [1.807, 2.05) is 18.7 Å². The molecule has 15 heavy (non-hydrogen) atoms. The Bertz CT molecular complexity index is 428. The Kier molecular flexibility index (Phi) is 3.53. The summed E-state index contributed by atoms with van der Waals surface area (Å²) < 4.78 is 0. The molecule has 2 rings (SSSR count). The minimum atomic E-state index is -0.0682. The maximum absolute atomic E-state index is 11.2. The van der Waals surface area contributed by atoms with Crippen molar-refractivity contribution in [1.29, 1.82) is 0 Å². The smallest absolute Gasteiger partial charge is 0.251 e. The fourth-order valence-corrected chi connectivity index (χ4v) is 3.36. The molecule has 0 bridgehead atoms. The maximum Gasteiger partial charge on any atom is 0.251 e. The molecule has 0 saturated heterocycles. The van der Waals surface area contributed by atoms with E-state index in [4.69, 9.17) is 0 Å². The molecule has 0 aliphatic carbocycles. The fraction of sp³-hybridized carbons (Fsp3) is 0.400. The number of aryl methyl sites for hydroxylation is 1. The van der Waals surface area contributed by atoms with Crippen molar-refractivity contribution in [2.45, 2.75) is 12.1 Å². The topological polar surface area (TPSA) is 45.8 Å². The second-order valence-electron chi connectivity index (χ2n) is 3.42. The molecule has 2 heterocycles. The molecule has 0 spiro atoms. The third-order valence-corrected chi connectivity index (χ3v) is 4.07. The molecule has 80 valence electrons. The number of nitrogens with zero attached hydrogens (tertiary/aromatic N) is 1. The number of hydrogen-bond acceptors (Lipinski definition) is 4. The fourth-order valence-electron chi connectivity index (χ4n) is 1.31. The van der Waals surface area contributed by atoms with Crippen molar-refractivity contribution in [3.63, 3.8) is 0 Å². The van der Waals surface area contributed by atoms with E-state index >= 15 is 0 Å². The Morgan fingerprint density at radius 3 is 3.27 bits per heavy atom. The van der Waals surface area contributed by atoms with Gasteiger partial charge in [0.15, 0.2) is 5.16 Å². The Hall–Kier alpha value is -0.680. The van der Waals surface area contributed by atoms with Gasteiger partial charge in [-0.3, -0.25) is 4.79 Å². The Labute approximate surface area is 96.8 Å². The van der Waals surface area contributed by atoms with E-state index in [-0.39, 0.29) is 5.56 Å². The molecule has 0 fully saturated rings. The Morgan fingerprint density at radius 1 is 1.73 bits per heavy atom. The summed E-state index contributed by atoms with van der Waals surface area (Å²) in [5.74, 6) is 2.73. The molecule has 3 nitrogen and oxygen atoms in total. The van der Waals surface area contributed by atoms with Crippen LogP contribution in [0.4, 0.5) is 0 Å². The summed E-state index contributed by atoms with van der Waals surface area (Å²) in [5.41, 5.74) is 0.707.